The number of nitrogen functional groups attached to an aromatic ring is 1. The molecule has 8 heteroatoms. The van der Waals surface area contributed by atoms with E-state index in [1.165, 1.54) is 0 Å². The third-order valence-corrected chi connectivity index (χ3v) is 5.53. The van der Waals surface area contributed by atoms with Crippen molar-refractivity contribution in [3.8, 4) is 5.88 Å². The third kappa shape index (κ3) is 4.31. The highest BCUT2D eigenvalue weighted by atomic mass is 16.5. The molecule has 0 saturated carbocycles. The number of hydrogen-bond acceptors (Lipinski definition) is 7. The van der Waals surface area contributed by atoms with Crippen LogP contribution in [0.4, 0.5) is 11.8 Å². The van der Waals surface area contributed by atoms with Crippen LogP contribution in [-0.2, 0) is 13.1 Å². The van der Waals surface area contributed by atoms with Crippen LogP contribution < -0.4 is 21.1 Å². The number of para-hydroxylation sites is 1. The highest BCUT2D eigenvalue weighted by Gasteiger charge is 2.19. The Morgan fingerprint density at radius 3 is 2.78 bits per heavy atom. The van der Waals surface area contributed by atoms with Crippen molar-refractivity contribution in [3.05, 3.63) is 47.7 Å². The van der Waals surface area contributed by atoms with Gasteiger partial charge in [0, 0.05) is 30.2 Å². The van der Waals surface area contributed by atoms with Gasteiger partial charge in [-0.25, -0.2) is 9.97 Å². The highest BCUT2D eigenvalue weighted by molar-refractivity contribution is 6.09. The topological polar surface area (TPSA) is 103 Å². The summed E-state index contributed by atoms with van der Waals surface area (Å²) < 4.78 is 7.83. The van der Waals surface area contributed by atoms with Crippen molar-refractivity contribution >= 4 is 33.7 Å². The summed E-state index contributed by atoms with van der Waals surface area (Å²) in [7, 11) is 1.66. The minimum atomic E-state index is 0.270. The Labute approximate surface area is 188 Å². The number of nitrogens with zero attached hydrogens (tertiary/aromatic N) is 4. The number of anilines is 2. The Morgan fingerprint density at radius 2 is 2.00 bits per heavy atom. The first-order valence-corrected chi connectivity index (χ1v) is 11.2. The lowest BCUT2D eigenvalue weighted by molar-refractivity contribution is 0.391. The van der Waals surface area contributed by atoms with Crippen molar-refractivity contribution in [2.45, 2.75) is 39.8 Å². The lowest BCUT2D eigenvalue weighted by atomic mass is 10.2. The van der Waals surface area contributed by atoms with Crippen molar-refractivity contribution in [2.24, 2.45) is 0 Å². The number of nitrogens with two attached hydrogens (primary N) is 1. The molecule has 0 aliphatic heterocycles. The molecule has 0 bridgehead atoms. The zero-order valence-electron chi connectivity index (χ0n) is 19.0. The summed E-state index contributed by atoms with van der Waals surface area (Å²) in [4.78, 5) is 13.7. The van der Waals surface area contributed by atoms with Gasteiger partial charge in [0.1, 0.15) is 11.0 Å². The minimum Gasteiger partial charge on any atom is -0.481 e. The molecule has 168 valence electrons. The average Bonchev–Trinajstić information content (AvgIpc) is 3.11. The second kappa shape index (κ2) is 9.82. The lowest BCUT2D eigenvalue weighted by Crippen LogP contribution is -2.13. The first-order valence-electron chi connectivity index (χ1n) is 11.2. The van der Waals surface area contributed by atoms with Gasteiger partial charge in [-0.05, 0) is 30.7 Å². The fourth-order valence-corrected chi connectivity index (χ4v) is 4.00. The number of fused-ring (bicyclic) bond motifs is 3. The zero-order chi connectivity index (χ0) is 22.5. The van der Waals surface area contributed by atoms with Crippen LogP contribution in [0.3, 0.4) is 0 Å². The van der Waals surface area contributed by atoms with E-state index < -0.39 is 0 Å². The van der Waals surface area contributed by atoms with Gasteiger partial charge in [-0.15, -0.1) is 0 Å². The van der Waals surface area contributed by atoms with E-state index in [9.17, 15) is 0 Å². The summed E-state index contributed by atoms with van der Waals surface area (Å²) in [5.41, 5.74) is 11.1. The molecule has 0 atom stereocenters. The van der Waals surface area contributed by atoms with Crippen LogP contribution in [0.15, 0.2) is 36.5 Å². The molecular weight excluding hydrogens is 402 g/mol. The monoisotopic (exact) mass is 433 g/mol. The molecular formula is C24H31N7O. The molecule has 0 spiro atoms. The number of hydrogen-bond donors (Lipinski definition) is 3. The van der Waals surface area contributed by atoms with Crippen molar-refractivity contribution in [1.82, 2.24) is 24.8 Å². The quantitative estimate of drug-likeness (QED) is 0.326. The van der Waals surface area contributed by atoms with Crippen molar-refractivity contribution in [2.75, 3.05) is 31.2 Å². The van der Waals surface area contributed by atoms with Crippen molar-refractivity contribution in [1.29, 1.82) is 0 Å². The molecule has 3 heterocycles. The fourth-order valence-electron chi connectivity index (χ4n) is 4.00. The van der Waals surface area contributed by atoms with Gasteiger partial charge in [-0.3, -0.25) is 0 Å². The van der Waals surface area contributed by atoms with Crippen molar-refractivity contribution < 1.29 is 4.74 Å². The van der Waals surface area contributed by atoms with E-state index in [1.807, 2.05) is 18.3 Å². The number of rotatable bonds is 10. The molecule has 4 N–H and O–H groups in total. The highest BCUT2D eigenvalue weighted by Crippen LogP contribution is 2.33. The first kappa shape index (κ1) is 21.8. The van der Waals surface area contributed by atoms with E-state index in [0.717, 1.165) is 71.4 Å². The summed E-state index contributed by atoms with van der Waals surface area (Å²) in [6.07, 6.45) is 4.01. The maximum absolute atomic E-state index is 6.09. The van der Waals surface area contributed by atoms with Gasteiger partial charge in [-0.1, -0.05) is 38.5 Å². The molecule has 32 heavy (non-hydrogen) atoms. The van der Waals surface area contributed by atoms with Crippen LogP contribution in [0.25, 0.3) is 21.9 Å². The molecule has 0 aliphatic carbocycles. The number of benzene rings is 1. The molecule has 0 radical (unpaired) electrons. The number of aromatic nitrogens is 4. The molecule has 4 aromatic rings. The summed E-state index contributed by atoms with van der Waals surface area (Å²) >= 11 is 0. The first-order chi connectivity index (χ1) is 15.7. The Kier molecular flexibility index (Phi) is 6.70. The summed E-state index contributed by atoms with van der Waals surface area (Å²) in [6.45, 7) is 7.33. The maximum Gasteiger partial charge on any atom is 0.222 e. The van der Waals surface area contributed by atoms with Crippen LogP contribution in [0, 0.1) is 0 Å². The second-order valence-corrected chi connectivity index (χ2v) is 7.80. The maximum atomic E-state index is 6.09. The minimum absolute atomic E-state index is 0.270. The van der Waals surface area contributed by atoms with Crippen LogP contribution in [0.5, 0.6) is 5.88 Å². The van der Waals surface area contributed by atoms with E-state index in [0.29, 0.717) is 12.4 Å². The van der Waals surface area contributed by atoms with E-state index in [4.69, 9.17) is 10.5 Å². The van der Waals surface area contributed by atoms with Gasteiger partial charge in [0.2, 0.25) is 11.8 Å². The zero-order valence-corrected chi connectivity index (χ0v) is 19.0. The third-order valence-electron chi connectivity index (χ3n) is 5.53. The van der Waals surface area contributed by atoms with Gasteiger partial charge >= 0.3 is 0 Å². The molecule has 0 fully saturated rings. The van der Waals surface area contributed by atoms with E-state index in [-0.39, 0.29) is 5.95 Å². The molecule has 3 aromatic heterocycles. The SMILES string of the molecule is CCCCNc1nc(N)nc2c3ccccc3n(Cc3cc(CNCC)cnc3OC)c12. The molecule has 4 rings (SSSR count). The fraction of sp³-hybridized carbons (Fsp3) is 0.375. The molecule has 0 saturated heterocycles. The van der Waals surface area contributed by atoms with E-state index in [1.54, 1.807) is 7.11 Å². The summed E-state index contributed by atoms with van der Waals surface area (Å²) in [6, 6.07) is 10.4. The van der Waals surface area contributed by atoms with Gasteiger partial charge < -0.3 is 25.7 Å². The van der Waals surface area contributed by atoms with Gasteiger partial charge in [0.05, 0.1) is 19.2 Å². The largest absolute Gasteiger partial charge is 0.481 e. The van der Waals surface area contributed by atoms with Crippen LogP contribution >= 0.6 is 0 Å². The average molecular weight is 434 g/mol. The standard InChI is InChI=1S/C24H31N7O/c1-4-6-11-27-22-21-20(29-24(25)30-22)18-9-7-8-10-19(18)31(21)15-17-12-16(13-26-5-2)14-28-23(17)32-3/h7-10,12,14,26H,4-6,11,13,15H2,1-3H3,(H3,25,27,29,30). The van der Waals surface area contributed by atoms with Crippen LogP contribution in [-0.4, -0.2) is 39.7 Å². The van der Waals surface area contributed by atoms with Gasteiger partial charge in [-0.2, -0.15) is 4.98 Å². The normalized spacial score (nSPS) is 11.3. The van der Waals surface area contributed by atoms with Crippen LogP contribution in [0.1, 0.15) is 37.8 Å². The summed E-state index contributed by atoms with van der Waals surface area (Å²) in [5.74, 6) is 1.65. The second-order valence-electron chi connectivity index (χ2n) is 7.80. The predicted octanol–water partition coefficient (Wildman–Crippen LogP) is 3.94. The molecule has 0 unspecified atom stereocenters. The van der Waals surface area contributed by atoms with Crippen molar-refractivity contribution in [3.63, 3.8) is 0 Å². The van der Waals surface area contributed by atoms with E-state index >= 15 is 0 Å². The molecule has 0 amide bonds. The number of unbranched alkanes of at least 4 members (excludes halogenated alkanes) is 1. The predicted molar refractivity (Wildman–Crippen MR) is 130 cm³/mol. The molecule has 1 aromatic carbocycles. The summed E-state index contributed by atoms with van der Waals surface area (Å²) in [5, 5.41) is 7.88. The Hall–Kier alpha value is -3.39. The van der Waals surface area contributed by atoms with Gasteiger partial charge in [0.15, 0.2) is 5.82 Å². The number of pyridine rings is 1. The van der Waals surface area contributed by atoms with Gasteiger partial charge in [0.25, 0.3) is 0 Å². The van der Waals surface area contributed by atoms with Crippen LogP contribution in [0.2, 0.25) is 0 Å². The number of ether oxygens (including phenoxy) is 1. The Bertz CT molecular complexity index is 1220. The molecule has 0 aliphatic rings. The van der Waals surface area contributed by atoms with E-state index in [2.05, 4.69) is 62.2 Å². The number of methoxy groups -OCH3 is 1. The Morgan fingerprint density at radius 1 is 1.16 bits per heavy atom. The smallest absolute Gasteiger partial charge is 0.222 e. The lowest BCUT2D eigenvalue weighted by Gasteiger charge is -2.14. The Balaban J connectivity index is 1.88. The molecule has 8 nitrogen and oxygen atoms in total. The number of nitrogens with one attached hydrogen (secondary N) is 2.